The van der Waals surface area contributed by atoms with Gasteiger partial charge in [0.05, 0.1) is 13.2 Å². The summed E-state index contributed by atoms with van der Waals surface area (Å²) >= 11 is 0. The fourth-order valence-corrected chi connectivity index (χ4v) is 6.99. The first-order valence-corrected chi connectivity index (χ1v) is 13.5. The molecule has 0 saturated carbocycles. The van der Waals surface area contributed by atoms with E-state index in [0.717, 1.165) is 22.4 Å². The number of Topliss-reactive ketones (excluding diaryl/α,β-unsaturated/α-hetero) is 3. The Hall–Kier alpha value is -4.77. The Morgan fingerprint density at radius 2 is 1.43 bits per heavy atom. The van der Waals surface area contributed by atoms with Crippen LogP contribution in [0, 0.1) is 12.3 Å². The minimum absolute atomic E-state index is 0.121. The fourth-order valence-electron chi connectivity index (χ4n) is 6.99. The molecular formula is C35H27NO4. The van der Waals surface area contributed by atoms with E-state index in [2.05, 4.69) is 0 Å². The van der Waals surface area contributed by atoms with Crippen molar-refractivity contribution < 1.29 is 19.1 Å². The average molecular weight is 526 g/mol. The van der Waals surface area contributed by atoms with Gasteiger partial charge in [-0.05, 0) is 36.2 Å². The predicted octanol–water partition coefficient (Wildman–Crippen LogP) is 6.32. The molecule has 1 saturated heterocycles. The number of rotatable bonds is 4. The van der Waals surface area contributed by atoms with Crippen molar-refractivity contribution in [2.45, 2.75) is 24.9 Å². The smallest absolute Gasteiger partial charge is 0.185 e. The number of ketones is 3. The number of ether oxygens (including phenoxy) is 1. The molecule has 2 heterocycles. The van der Waals surface area contributed by atoms with Gasteiger partial charge in [0.1, 0.15) is 17.2 Å². The molecule has 2 aliphatic heterocycles. The van der Waals surface area contributed by atoms with Crippen molar-refractivity contribution in [2.24, 2.45) is 5.41 Å². The van der Waals surface area contributed by atoms with Gasteiger partial charge in [-0.15, -0.1) is 0 Å². The third-order valence-electron chi connectivity index (χ3n) is 8.79. The average Bonchev–Trinajstić information content (AvgIpc) is 3.43. The van der Waals surface area contributed by atoms with Crippen molar-refractivity contribution in [3.8, 4) is 5.75 Å². The Morgan fingerprint density at radius 1 is 0.800 bits per heavy atom. The van der Waals surface area contributed by atoms with Crippen LogP contribution in [0.5, 0.6) is 5.75 Å². The monoisotopic (exact) mass is 525 g/mol. The Kier molecular flexibility index (Phi) is 5.39. The lowest BCUT2D eigenvalue weighted by molar-refractivity contribution is 0.0666. The molecule has 196 valence electrons. The molecule has 0 aromatic heterocycles. The summed E-state index contributed by atoms with van der Waals surface area (Å²) in [6.07, 6.45) is 3.93. The van der Waals surface area contributed by atoms with Crippen molar-refractivity contribution >= 4 is 29.1 Å². The quantitative estimate of drug-likeness (QED) is 0.231. The number of hydrogen-bond acceptors (Lipinski definition) is 5. The number of carbonyl (C=O) groups is 3. The van der Waals surface area contributed by atoms with Gasteiger partial charge >= 0.3 is 0 Å². The van der Waals surface area contributed by atoms with E-state index in [9.17, 15) is 14.4 Å². The molecule has 0 N–H and O–H groups in total. The van der Waals surface area contributed by atoms with E-state index in [0.29, 0.717) is 22.4 Å². The predicted molar refractivity (Wildman–Crippen MR) is 154 cm³/mol. The van der Waals surface area contributed by atoms with Gasteiger partial charge in [0, 0.05) is 28.3 Å². The molecular weight excluding hydrogens is 498 g/mol. The van der Waals surface area contributed by atoms with Gasteiger partial charge in [-0.25, -0.2) is 0 Å². The summed E-state index contributed by atoms with van der Waals surface area (Å²) in [6.45, 7) is 1.98. The first-order chi connectivity index (χ1) is 19.5. The number of anilines is 1. The van der Waals surface area contributed by atoms with E-state index in [4.69, 9.17) is 4.74 Å². The van der Waals surface area contributed by atoms with Crippen LogP contribution < -0.4 is 9.64 Å². The standard InChI is InChI=1S/C35H27NO4/c1-21-11-13-24(14-12-21)32(37)31-30(23-15-18-25(40-2)19-16-23)35(33(38)26-8-4-5-9-27(26)34(35)39)29-20-17-22-7-3-6-10-28(22)36(29)31/h3-20,29-31H,1-2H3/t29-,30-,31+/m0/s1. The van der Waals surface area contributed by atoms with Crippen molar-refractivity contribution in [1.29, 1.82) is 0 Å². The molecule has 3 aliphatic rings. The largest absolute Gasteiger partial charge is 0.497 e. The van der Waals surface area contributed by atoms with E-state index in [1.165, 1.54) is 0 Å². The van der Waals surface area contributed by atoms with E-state index in [1.807, 2.05) is 96.8 Å². The van der Waals surface area contributed by atoms with Gasteiger partial charge in [-0.3, -0.25) is 14.4 Å². The lowest BCUT2D eigenvalue weighted by Crippen LogP contribution is -2.48. The van der Waals surface area contributed by atoms with Crippen molar-refractivity contribution in [1.82, 2.24) is 0 Å². The lowest BCUT2D eigenvalue weighted by atomic mass is 9.64. The molecule has 0 amide bonds. The number of methoxy groups -OCH3 is 1. The summed E-state index contributed by atoms with van der Waals surface area (Å²) in [5.41, 5.74) is 3.46. The zero-order valence-corrected chi connectivity index (χ0v) is 22.2. The van der Waals surface area contributed by atoms with Gasteiger partial charge in [0.2, 0.25) is 0 Å². The highest BCUT2D eigenvalue weighted by Crippen LogP contribution is 2.61. The second-order valence-electron chi connectivity index (χ2n) is 10.8. The maximum atomic E-state index is 14.6. The summed E-state index contributed by atoms with van der Waals surface area (Å²) in [5.74, 6) is -0.656. The molecule has 1 aliphatic carbocycles. The molecule has 5 nitrogen and oxygen atoms in total. The maximum Gasteiger partial charge on any atom is 0.185 e. The summed E-state index contributed by atoms with van der Waals surface area (Å²) < 4.78 is 5.42. The van der Waals surface area contributed by atoms with Gasteiger partial charge in [0.25, 0.3) is 0 Å². The molecule has 0 radical (unpaired) electrons. The van der Waals surface area contributed by atoms with E-state index < -0.39 is 23.4 Å². The number of benzene rings is 4. The molecule has 5 heteroatoms. The number of fused-ring (bicyclic) bond motifs is 5. The number of carbonyl (C=O) groups excluding carboxylic acids is 3. The molecule has 0 bridgehead atoms. The van der Waals surface area contributed by atoms with Gasteiger partial charge in [-0.1, -0.05) is 96.6 Å². The van der Waals surface area contributed by atoms with Crippen LogP contribution in [0.2, 0.25) is 0 Å². The highest BCUT2D eigenvalue weighted by Gasteiger charge is 2.71. The molecule has 0 unspecified atom stereocenters. The number of para-hydroxylation sites is 1. The molecule has 4 aromatic carbocycles. The van der Waals surface area contributed by atoms with Crippen LogP contribution in [-0.2, 0) is 0 Å². The van der Waals surface area contributed by atoms with Crippen LogP contribution in [0.3, 0.4) is 0 Å². The van der Waals surface area contributed by atoms with E-state index in [1.54, 1.807) is 31.4 Å². The Morgan fingerprint density at radius 3 is 2.08 bits per heavy atom. The van der Waals surface area contributed by atoms with Crippen molar-refractivity contribution in [3.05, 3.63) is 137 Å². The Bertz CT molecular complexity index is 1680. The fraction of sp³-hybridized carbons (Fsp3) is 0.171. The van der Waals surface area contributed by atoms with E-state index >= 15 is 0 Å². The first kappa shape index (κ1) is 24.3. The normalized spacial score (nSPS) is 21.8. The summed E-state index contributed by atoms with van der Waals surface area (Å²) in [5, 5.41) is 0. The summed E-state index contributed by atoms with van der Waals surface area (Å²) in [4.78, 5) is 46.0. The molecule has 4 aromatic rings. The highest BCUT2D eigenvalue weighted by atomic mass is 16.5. The van der Waals surface area contributed by atoms with Crippen LogP contribution in [0.1, 0.15) is 53.7 Å². The summed E-state index contributed by atoms with van der Waals surface area (Å²) in [7, 11) is 1.60. The molecule has 40 heavy (non-hydrogen) atoms. The summed E-state index contributed by atoms with van der Waals surface area (Å²) in [6, 6.07) is 28.4. The Balaban J connectivity index is 1.53. The topological polar surface area (TPSA) is 63.7 Å². The SMILES string of the molecule is COc1ccc([C@H]2[C@H](C(=O)c3ccc(C)cc3)N3c4ccccc4C=C[C@H]3C23C(=O)c2ccccc2C3=O)cc1. The van der Waals surface area contributed by atoms with E-state index in [-0.39, 0.29) is 17.3 Å². The second-order valence-corrected chi connectivity index (χ2v) is 10.8. The Labute approximate surface area is 232 Å². The minimum Gasteiger partial charge on any atom is -0.497 e. The minimum atomic E-state index is -1.51. The molecule has 1 spiro atoms. The number of aryl methyl sites for hydroxylation is 1. The van der Waals surface area contributed by atoms with Crippen LogP contribution in [0.25, 0.3) is 6.08 Å². The maximum absolute atomic E-state index is 14.6. The van der Waals surface area contributed by atoms with Crippen LogP contribution in [0.15, 0.2) is 103 Å². The van der Waals surface area contributed by atoms with Crippen molar-refractivity contribution in [2.75, 3.05) is 12.0 Å². The molecule has 1 fully saturated rings. The van der Waals surface area contributed by atoms with Crippen molar-refractivity contribution in [3.63, 3.8) is 0 Å². The van der Waals surface area contributed by atoms with Crippen LogP contribution in [-0.4, -0.2) is 36.5 Å². The zero-order chi connectivity index (χ0) is 27.6. The molecule has 3 atom stereocenters. The third-order valence-corrected chi connectivity index (χ3v) is 8.79. The van der Waals surface area contributed by atoms with Crippen LogP contribution in [0.4, 0.5) is 5.69 Å². The lowest BCUT2D eigenvalue weighted by Gasteiger charge is -2.37. The second kappa shape index (κ2) is 8.88. The van der Waals surface area contributed by atoms with Gasteiger partial charge in [-0.2, -0.15) is 0 Å². The first-order valence-electron chi connectivity index (χ1n) is 13.5. The van der Waals surface area contributed by atoms with Crippen LogP contribution >= 0.6 is 0 Å². The highest BCUT2D eigenvalue weighted by molar-refractivity contribution is 6.32. The number of hydrogen-bond donors (Lipinski definition) is 0. The van der Waals surface area contributed by atoms with Gasteiger partial charge < -0.3 is 9.64 Å². The van der Waals surface area contributed by atoms with Gasteiger partial charge in [0.15, 0.2) is 17.3 Å². The third kappa shape index (κ3) is 3.18. The zero-order valence-electron chi connectivity index (χ0n) is 22.2. The number of nitrogens with zero attached hydrogens (tertiary/aromatic N) is 1. The molecule has 7 rings (SSSR count).